The van der Waals surface area contributed by atoms with Crippen molar-refractivity contribution in [2.45, 2.75) is 13.8 Å². The number of nitrogens with zero attached hydrogens (tertiary/aromatic N) is 2. The van der Waals surface area contributed by atoms with Crippen LogP contribution < -0.4 is 0 Å². The summed E-state index contributed by atoms with van der Waals surface area (Å²) in [4.78, 5) is 42.4. The quantitative estimate of drug-likeness (QED) is 0.219. The van der Waals surface area contributed by atoms with E-state index in [-0.39, 0.29) is 22.8 Å². The van der Waals surface area contributed by atoms with Crippen LogP contribution in [0.5, 0.6) is 0 Å². The number of aromatic nitrogens is 1. The van der Waals surface area contributed by atoms with Crippen molar-refractivity contribution in [3.05, 3.63) is 129 Å². The van der Waals surface area contributed by atoms with Gasteiger partial charge < -0.3 is 0 Å². The average Bonchev–Trinajstić information content (AvgIpc) is 2.84. The lowest BCUT2D eigenvalue weighted by Crippen LogP contribution is -2.15. The maximum atomic E-state index is 13.6. The van der Waals surface area contributed by atoms with Crippen LogP contribution in [-0.2, 0) is 0 Å². The Kier molecular flexibility index (Phi) is 5.91. The molecule has 0 fully saturated rings. The van der Waals surface area contributed by atoms with Crippen molar-refractivity contribution >= 4 is 17.3 Å². The first-order chi connectivity index (χ1) is 15.9. The first-order valence-corrected chi connectivity index (χ1v) is 10.3. The van der Waals surface area contributed by atoms with Gasteiger partial charge in [-0.25, -0.2) is 0 Å². The molecule has 0 aliphatic rings. The van der Waals surface area contributed by atoms with Gasteiger partial charge >= 0.3 is 0 Å². The molecule has 0 saturated heterocycles. The predicted molar refractivity (Wildman–Crippen MR) is 126 cm³/mol. The van der Waals surface area contributed by atoms with E-state index in [0.717, 1.165) is 0 Å². The van der Waals surface area contributed by atoms with Crippen LogP contribution in [-0.4, -0.2) is 21.5 Å². The highest BCUT2D eigenvalue weighted by Gasteiger charge is 2.26. The third-order valence-corrected chi connectivity index (χ3v) is 5.48. The maximum absolute atomic E-state index is 13.6. The zero-order valence-electron chi connectivity index (χ0n) is 18.1. The minimum Gasteiger partial charge on any atom is -0.289 e. The highest BCUT2D eigenvalue weighted by molar-refractivity contribution is 6.17. The maximum Gasteiger partial charge on any atom is 0.270 e. The van der Waals surface area contributed by atoms with Crippen molar-refractivity contribution in [2.24, 2.45) is 0 Å². The fraction of sp³-hybridized carbons (Fsp3) is 0.0741. The van der Waals surface area contributed by atoms with Crippen molar-refractivity contribution in [3.8, 4) is 11.3 Å². The number of carbonyl (C=O) groups excluding carboxylic acids is 2. The molecule has 0 atom stereocenters. The lowest BCUT2D eigenvalue weighted by Gasteiger charge is -2.17. The van der Waals surface area contributed by atoms with Crippen molar-refractivity contribution < 1.29 is 14.5 Å². The Bertz CT molecular complexity index is 1380. The van der Waals surface area contributed by atoms with Crippen molar-refractivity contribution in [2.75, 3.05) is 0 Å². The minimum atomic E-state index is -0.491. The number of nitro benzene ring substituents is 1. The highest BCUT2D eigenvalue weighted by atomic mass is 16.6. The fourth-order valence-electron chi connectivity index (χ4n) is 3.91. The molecule has 0 unspecified atom stereocenters. The number of ketones is 2. The number of benzene rings is 3. The number of aryl methyl sites for hydroxylation is 1. The van der Waals surface area contributed by atoms with Gasteiger partial charge in [-0.3, -0.25) is 24.7 Å². The zero-order chi connectivity index (χ0) is 23.5. The Hall–Kier alpha value is -4.45. The molecule has 6 nitrogen and oxygen atoms in total. The van der Waals surface area contributed by atoms with Crippen LogP contribution in [0.15, 0.2) is 84.9 Å². The molecular formula is C27H20N2O4. The normalized spacial score (nSPS) is 10.6. The summed E-state index contributed by atoms with van der Waals surface area (Å²) < 4.78 is 0. The molecule has 0 amide bonds. The van der Waals surface area contributed by atoms with E-state index in [1.807, 2.05) is 12.1 Å². The van der Waals surface area contributed by atoms with Gasteiger partial charge in [0.2, 0.25) is 0 Å². The summed E-state index contributed by atoms with van der Waals surface area (Å²) in [7, 11) is 0. The molecule has 3 aromatic carbocycles. The van der Waals surface area contributed by atoms with Gasteiger partial charge in [-0.2, -0.15) is 0 Å². The van der Waals surface area contributed by atoms with E-state index in [1.165, 1.54) is 12.1 Å². The molecule has 0 N–H and O–H groups in total. The van der Waals surface area contributed by atoms with Crippen molar-refractivity contribution in [3.63, 3.8) is 0 Å². The molecule has 0 aliphatic heterocycles. The second kappa shape index (κ2) is 8.96. The van der Waals surface area contributed by atoms with Crippen LogP contribution >= 0.6 is 0 Å². The number of rotatable bonds is 6. The van der Waals surface area contributed by atoms with Gasteiger partial charge in [-0.05, 0) is 19.4 Å². The Balaban J connectivity index is 1.99. The molecule has 4 aromatic rings. The summed E-state index contributed by atoms with van der Waals surface area (Å²) in [6, 6.07) is 23.5. The van der Waals surface area contributed by atoms with Gasteiger partial charge in [-0.1, -0.05) is 72.8 Å². The molecule has 0 bridgehead atoms. The first-order valence-electron chi connectivity index (χ1n) is 10.3. The molecule has 1 heterocycles. The van der Waals surface area contributed by atoms with E-state index < -0.39 is 4.92 Å². The smallest absolute Gasteiger partial charge is 0.270 e. The van der Waals surface area contributed by atoms with E-state index >= 15 is 0 Å². The largest absolute Gasteiger partial charge is 0.289 e. The number of hydrogen-bond acceptors (Lipinski definition) is 5. The van der Waals surface area contributed by atoms with Crippen molar-refractivity contribution in [1.82, 2.24) is 4.98 Å². The summed E-state index contributed by atoms with van der Waals surface area (Å²) in [6.45, 7) is 3.43. The number of carbonyl (C=O) groups is 2. The lowest BCUT2D eigenvalue weighted by atomic mass is 9.88. The Labute approximate surface area is 190 Å². The van der Waals surface area contributed by atoms with E-state index in [4.69, 9.17) is 0 Å². The molecule has 0 radical (unpaired) electrons. The number of non-ortho nitro benzene ring substituents is 1. The van der Waals surface area contributed by atoms with Gasteiger partial charge in [0.05, 0.1) is 16.2 Å². The van der Waals surface area contributed by atoms with E-state index in [1.54, 1.807) is 74.5 Å². The Morgan fingerprint density at radius 2 is 1.30 bits per heavy atom. The molecule has 4 rings (SSSR count). The SMILES string of the molecule is Cc1nc(-c2cccc([N+](=O)[O-])c2)c(C(=O)c2ccccc2)c(C)c1C(=O)c1ccccc1. The molecular weight excluding hydrogens is 416 g/mol. The van der Waals surface area contributed by atoms with Gasteiger partial charge in [0.1, 0.15) is 0 Å². The summed E-state index contributed by atoms with van der Waals surface area (Å²) in [5, 5.41) is 11.3. The monoisotopic (exact) mass is 436 g/mol. The zero-order valence-corrected chi connectivity index (χ0v) is 18.1. The molecule has 0 spiro atoms. The molecule has 33 heavy (non-hydrogen) atoms. The summed E-state index contributed by atoms with van der Waals surface area (Å²) in [5.41, 5.74) is 3.14. The topological polar surface area (TPSA) is 90.2 Å². The molecule has 0 aliphatic carbocycles. The summed E-state index contributed by atoms with van der Waals surface area (Å²) >= 11 is 0. The third-order valence-electron chi connectivity index (χ3n) is 5.48. The van der Waals surface area contributed by atoms with Crippen LogP contribution in [0.1, 0.15) is 43.1 Å². The van der Waals surface area contributed by atoms with E-state index in [9.17, 15) is 19.7 Å². The Morgan fingerprint density at radius 1 is 0.758 bits per heavy atom. The van der Waals surface area contributed by atoms with Gasteiger partial charge in [0.25, 0.3) is 5.69 Å². The van der Waals surface area contributed by atoms with Crippen LogP contribution in [0.2, 0.25) is 0 Å². The third kappa shape index (κ3) is 4.19. The number of hydrogen-bond donors (Lipinski definition) is 0. The summed E-state index contributed by atoms with van der Waals surface area (Å²) in [5.74, 6) is -0.532. The molecule has 6 heteroatoms. The first kappa shape index (κ1) is 21.8. The Morgan fingerprint density at radius 3 is 1.85 bits per heavy atom. The van der Waals surface area contributed by atoms with Gasteiger partial charge in [0.15, 0.2) is 11.6 Å². The lowest BCUT2D eigenvalue weighted by molar-refractivity contribution is -0.384. The highest BCUT2D eigenvalue weighted by Crippen LogP contribution is 2.32. The summed E-state index contributed by atoms with van der Waals surface area (Å²) in [6.07, 6.45) is 0. The van der Waals surface area contributed by atoms with E-state index in [0.29, 0.717) is 39.2 Å². The van der Waals surface area contributed by atoms with Crippen LogP contribution in [0.25, 0.3) is 11.3 Å². The fourth-order valence-corrected chi connectivity index (χ4v) is 3.91. The van der Waals surface area contributed by atoms with Gasteiger partial charge in [0, 0.05) is 40.1 Å². The number of nitro groups is 1. The second-order valence-electron chi connectivity index (χ2n) is 7.62. The average molecular weight is 436 g/mol. The predicted octanol–water partition coefficient (Wildman–Crippen LogP) is 5.74. The van der Waals surface area contributed by atoms with Crippen LogP contribution in [0, 0.1) is 24.0 Å². The van der Waals surface area contributed by atoms with Crippen LogP contribution in [0.4, 0.5) is 5.69 Å². The minimum absolute atomic E-state index is 0.104. The standard InChI is InChI=1S/C27H20N2O4/c1-17-23(26(30)19-10-5-3-6-11-19)18(2)28-25(21-14-9-15-22(16-21)29(32)33)24(17)27(31)20-12-7-4-8-13-20/h3-16H,1-2H3. The van der Waals surface area contributed by atoms with Crippen LogP contribution in [0.3, 0.4) is 0 Å². The molecule has 162 valence electrons. The van der Waals surface area contributed by atoms with E-state index in [2.05, 4.69) is 4.98 Å². The molecule has 0 saturated carbocycles. The number of pyridine rings is 1. The van der Waals surface area contributed by atoms with Crippen molar-refractivity contribution in [1.29, 1.82) is 0 Å². The van der Waals surface area contributed by atoms with Gasteiger partial charge in [-0.15, -0.1) is 0 Å². The second-order valence-corrected chi connectivity index (χ2v) is 7.62. The molecule has 1 aromatic heterocycles.